The standard InChI is InChI=1S/C13H19F3N2O3/c1-11(2,3)21-10(19)18-12(20,13(14,15)16)8-6-4-5-7-9(8)17-18/h8,20H,4-7H2,1-3H3. The highest BCUT2D eigenvalue weighted by Gasteiger charge is 2.69. The summed E-state index contributed by atoms with van der Waals surface area (Å²) in [7, 11) is 0. The Hall–Kier alpha value is -1.31. The molecule has 21 heavy (non-hydrogen) atoms. The topological polar surface area (TPSA) is 62.1 Å². The molecule has 0 bridgehead atoms. The molecule has 1 heterocycles. The zero-order chi connectivity index (χ0) is 16.1. The van der Waals surface area contributed by atoms with E-state index in [-0.39, 0.29) is 17.1 Å². The molecule has 8 heteroatoms. The molecule has 0 aromatic rings. The molecule has 0 radical (unpaired) electrons. The number of carbonyl (C=O) groups excluding carboxylic acids is 1. The van der Waals surface area contributed by atoms with E-state index in [1.165, 1.54) is 20.8 Å². The maximum absolute atomic E-state index is 13.4. The van der Waals surface area contributed by atoms with Gasteiger partial charge in [0.2, 0.25) is 0 Å². The lowest BCUT2D eigenvalue weighted by Gasteiger charge is -2.38. The lowest BCUT2D eigenvalue weighted by Crippen LogP contribution is -2.61. The molecule has 1 aliphatic carbocycles. The number of fused-ring (bicyclic) bond motifs is 1. The Morgan fingerprint density at radius 3 is 2.52 bits per heavy atom. The Bertz CT molecular complexity index is 470. The van der Waals surface area contributed by atoms with Crippen molar-refractivity contribution in [3.8, 4) is 0 Å². The van der Waals surface area contributed by atoms with Crippen LogP contribution in [0.1, 0.15) is 46.5 Å². The SMILES string of the molecule is CC(C)(C)OC(=O)N1N=C2CCCCC2C1(O)C(F)(F)F. The second kappa shape index (κ2) is 4.86. The Labute approximate surface area is 120 Å². The molecule has 1 saturated carbocycles. The van der Waals surface area contributed by atoms with Crippen molar-refractivity contribution >= 4 is 11.8 Å². The fraction of sp³-hybridized carbons (Fsp3) is 0.846. The minimum Gasteiger partial charge on any atom is -0.442 e. The average molecular weight is 308 g/mol. The Kier molecular flexibility index (Phi) is 3.72. The van der Waals surface area contributed by atoms with Crippen LogP contribution in [0, 0.1) is 5.92 Å². The average Bonchev–Trinajstić information content (AvgIpc) is 2.62. The summed E-state index contributed by atoms with van der Waals surface area (Å²) in [6.45, 7) is 4.61. The molecule has 2 aliphatic rings. The number of amides is 1. The van der Waals surface area contributed by atoms with E-state index >= 15 is 0 Å². The van der Waals surface area contributed by atoms with Gasteiger partial charge in [-0.15, -0.1) is 0 Å². The van der Waals surface area contributed by atoms with Gasteiger partial charge in [0.05, 0.1) is 5.92 Å². The first-order valence-corrected chi connectivity index (χ1v) is 6.86. The Balaban J connectivity index is 2.37. The van der Waals surface area contributed by atoms with Gasteiger partial charge in [0.1, 0.15) is 5.60 Å². The van der Waals surface area contributed by atoms with Crippen LogP contribution in [0.15, 0.2) is 5.10 Å². The number of alkyl halides is 3. The molecule has 1 N–H and O–H groups in total. The van der Waals surface area contributed by atoms with Gasteiger partial charge in [-0.05, 0) is 40.0 Å². The van der Waals surface area contributed by atoms with Crippen molar-refractivity contribution in [1.29, 1.82) is 0 Å². The third-order valence-corrected chi connectivity index (χ3v) is 3.60. The fourth-order valence-corrected chi connectivity index (χ4v) is 2.70. The van der Waals surface area contributed by atoms with E-state index in [1.54, 1.807) is 0 Å². The maximum atomic E-state index is 13.4. The molecule has 120 valence electrons. The number of hydrogen-bond donors (Lipinski definition) is 1. The van der Waals surface area contributed by atoms with Crippen molar-refractivity contribution in [1.82, 2.24) is 5.01 Å². The number of hydrogen-bond acceptors (Lipinski definition) is 4. The Morgan fingerprint density at radius 2 is 2.00 bits per heavy atom. The maximum Gasteiger partial charge on any atom is 0.439 e. The number of ether oxygens (including phenoxy) is 1. The molecular formula is C13H19F3N2O3. The summed E-state index contributed by atoms with van der Waals surface area (Å²) in [5.74, 6) is -1.21. The summed E-state index contributed by atoms with van der Waals surface area (Å²) in [5, 5.41) is 14.0. The number of hydrazone groups is 1. The van der Waals surface area contributed by atoms with Crippen LogP contribution in [0.4, 0.5) is 18.0 Å². The van der Waals surface area contributed by atoms with E-state index in [4.69, 9.17) is 4.74 Å². The highest BCUT2D eigenvalue weighted by molar-refractivity contribution is 5.92. The largest absolute Gasteiger partial charge is 0.442 e. The summed E-state index contributed by atoms with van der Waals surface area (Å²) in [6.07, 6.45) is -4.53. The number of halogens is 3. The number of rotatable bonds is 0. The van der Waals surface area contributed by atoms with Crippen molar-refractivity contribution in [3.63, 3.8) is 0 Å². The van der Waals surface area contributed by atoms with Crippen LogP contribution in [0.5, 0.6) is 0 Å². The van der Waals surface area contributed by atoms with Gasteiger partial charge in [-0.3, -0.25) is 0 Å². The van der Waals surface area contributed by atoms with E-state index in [2.05, 4.69) is 5.10 Å². The van der Waals surface area contributed by atoms with Gasteiger partial charge < -0.3 is 9.84 Å². The predicted octanol–water partition coefficient (Wildman–Crippen LogP) is 3.03. The first-order chi connectivity index (χ1) is 9.47. The molecular weight excluding hydrogens is 289 g/mol. The van der Waals surface area contributed by atoms with Crippen LogP contribution in [0.3, 0.4) is 0 Å². The van der Waals surface area contributed by atoms with Crippen LogP contribution in [0.2, 0.25) is 0 Å². The molecule has 0 saturated heterocycles. The third-order valence-electron chi connectivity index (χ3n) is 3.60. The normalized spacial score (nSPS) is 30.0. The lowest BCUT2D eigenvalue weighted by atomic mass is 9.80. The van der Waals surface area contributed by atoms with Crippen LogP contribution < -0.4 is 0 Å². The van der Waals surface area contributed by atoms with Gasteiger partial charge >= 0.3 is 12.3 Å². The van der Waals surface area contributed by atoms with Crippen LogP contribution in [-0.2, 0) is 4.74 Å². The smallest absolute Gasteiger partial charge is 0.439 e. The quantitative estimate of drug-likeness (QED) is 0.748. The van der Waals surface area contributed by atoms with Gasteiger partial charge in [0, 0.05) is 5.71 Å². The van der Waals surface area contributed by atoms with Crippen molar-refractivity contribution in [2.24, 2.45) is 11.0 Å². The van der Waals surface area contributed by atoms with Crippen molar-refractivity contribution in [3.05, 3.63) is 0 Å². The molecule has 2 atom stereocenters. The number of aliphatic hydroxyl groups is 1. The van der Waals surface area contributed by atoms with Gasteiger partial charge in [-0.2, -0.15) is 23.3 Å². The highest BCUT2D eigenvalue weighted by Crippen LogP contribution is 2.48. The first-order valence-electron chi connectivity index (χ1n) is 6.86. The van der Waals surface area contributed by atoms with E-state index in [0.29, 0.717) is 19.3 Å². The molecule has 1 aliphatic heterocycles. The van der Waals surface area contributed by atoms with Gasteiger partial charge in [-0.1, -0.05) is 6.42 Å². The molecule has 0 aromatic heterocycles. The second-order valence-corrected chi connectivity index (χ2v) is 6.41. The number of nitrogens with zero attached hydrogens (tertiary/aromatic N) is 2. The van der Waals surface area contributed by atoms with Crippen molar-refractivity contribution in [2.45, 2.75) is 64.0 Å². The minimum absolute atomic E-state index is 0.0730. The minimum atomic E-state index is -5.00. The number of carbonyl (C=O) groups is 1. The summed E-state index contributed by atoms with van der Waals surface area (Å²) in [5.41, 5.74) is -4.07. The zero-order valence-electron chi connectivity index (χ0n) is 12.2. The van der Waals surface area contributed by atoms with E-state index in [9.17, 15) is 23.1 Å². The summed E-state index contributed by atoms with van der Waals surface area (Å²) >= 11 is 0. The molecule has 5 nitrogen and oxygen atoms in total. The molecule has 1 amide bonds. The third kappa shape index (κ3) is 2.73. The first kappa shape index (κ1) is 16.1. The fourth-order valence-electron chi connectivity index (χ4n) is 2.70. The zero-order valence-corrected chi connectivity index (χ0v) is 12.2. The second-order valence-electron chi connectivity index (χ2n) is 6.41. The van der Waals surface area contributed by atoms with E-state index in [1.807, 2.05) is 0 Å². The molecule has 1 fully saturated rings. The van der Waals surface area contributed by atoms with Gasteiger partial charge in [0.25, 0.3) is 5.72 Å². The van der Waals surface area contributed by atoms with Crippen molar-refractivity contribution < 1.29 is 27.8 Å². The van der Waals surface area contributed by atoms with E-state index < -0.39 is 29.5 Å². The van der Waals surface area contributed by atoms with Gasteiger partial charge in [-0.25, -0.2) is 4.79 Å². The molecule has 2 unspecified atom stereocenters. The predicted molar refractivity (Wildman–Crippen MR) is 68.5 cm³/mol. The molecule has 0 aromatic carbocycles. The van der Waals surface area contributed by atoms with Crippen molar-refractivity contribution in [2.75, 3.05) is 0 Å². The van der Waals surface area contributed by atoms with Gasteiger partial charge in [0.15, 0.2) is 0 Å². The monoisotopic (exact) mass is 308 g/mol. The lowest BCUT2D eigenvalue weighted by molar-refractivity contribution is -0.316. The van der Waals surface area contributed by atoms with Crippen LogP contribution in [-0.4, -0.2) is 39.4 Å². The van der Waals surface area contributed by atoms with Crippen LogP contribution in [0.25, 0.3) is 0 Å². The van der Waals surface area contributed by atoms with E-state index in [0.717, 1.165) is 0 Å². The molecule has 2 rings (SSSR count). The Morgan fingerprint density at radius 1 is 1.38 bits per heavy atom. The summed E-state index contributed by atoms with van der Waals surface area (Å²) in [6, 6.07) is 0. The molecule has 0 spiro atoms. The summed E-state index contributed by atoms with van der Waals surface area (Å²) < 4.78 is 45.1. The summed E-state index contributed by atoms with van der Waals surface area (Å²) in [4.78, 5) is 12.0. The highest BCUT2D eigenvalue weighted by atomic mass is 19.4. The van der Waals surface area contributed by atoms with Crippen LogP contribution >= 0.6 is 0 Å².